The quantitative estimate of drug-likeness (QED) is 0.779. The summed E-state index contributed by atoms with van der Waals surface area (Å²) in [5.74, 6) is 1.05. The van der Waals surface area contributed by atoms with Gasteiger partial charge >= 0.3 is 5.97 Å². The lowest BCUT2D eigenvalue weighted by Gasteiger charge is -2.12. The molecule has 0 radical (unpaired) electrons. The number of ether oxygens (including phenoxy) is 2. The van der Waals surface area contributed by atoms with Crippen LogP contribution < -0.4 is 4.74 Å². The van der Waals surface area contributed by atoms with Gasteiger partial charge in [-0.15, -0.1) is 0 Å². The van der Waals surface area contributed by atoms with E-state index in [1.165, 1.54) is 12.7 Å². The summed E-state index contributed by atoms with van der Waals surface area (Å²) in [5.41, 5.74) is 1.26. The van der Waals surface area contributed by atoms with Crippen LogP contribution >= 0.6 is 0 Å². The van der Waals surface area contributed by atoms with Crippen LogP contribution in [0.3, 0.4) is 0 Å². The Kier molecular flexibility index (Phi) is 4.45. The van der Waals surface area contributed by atoms with Crippen LogP contribution in [0.2, 0.25) is 0 Å². The lowest BCUT2D eigenvalue weighted by Crippen LogP contribution is -2.02. The maximum absolute atomic E-state index is 11.3. The molecule has 0 bridgehead atoms. The molecule has 1 atom stereocenters. The number of rotatable bonds is 5. The van der Waals surface area contributed by atoms with Crippen molar-refractivity contribution in [3.63, 3.8) is 0 Å². The van der Waals surface area contributed by atoms with E-state index in [-0.39, 0.29) is 11.9 Å². The molecule has 106 valence electrons. The smallest absolute Gasteiger partial charge is 0.373 e. The minimum absolute atomic E-state index is 0.180. The van der Waals surface area contributed by atoms with E-state index in [1.807, 2.05) is 31.2 Å². The Bertz CT molecular complexity index is 568. The number of furan rings is 1. The summed E-state index contributed by atoms with van der Waals surface area (Å²) in [6.45, 7) is 3.98. The zero-order chi connectivity index (χ0) is 14.5. The average molecular weight is 274 g/mol. The molecule has 0 spiro atoms. The Morgan fingerprint density at radius 3 is 2.50 bits per heavy atom. The van der Waals surface area contributed by atoms with E-state index in [4.69, 9.17) is 9.15 Å². The summed E-state index contributed by atoms with van der Waals surface area (Å²) in [6.07, 6.45) is 0.720. The maximum Gasteiger partial charge on any atom is 0.373 e. The molecule has 20 heavy (non-hydrogen) atoms. The van der Waals surface area contributed by atoms with Crippen LogP contribution in [0.15, 0.2) is 40.8 Å². The summed E-state index contributed by atoms with van der Waals surface area (Å²) >= 11 is 0. The molecule has 0 fully saturated rings. The van der Waals surface area contributed by atoms with Crippen molar-refractivity contribution in [2.45, 2.75) is 26.4 Å². The van der Waals surface area contributed by atoms with Gasteiger partial charge in [0.05, 0.1) is 7.11 Å². The minimum Gasteiger partial charge on any atom is -0.483 e. The van der Waals surface area contributed by atoms with E-state index in [0.29, 0.717) is 5.76 Å². The lowest BCUT2D eigenvalue weighted by atomic mass is 10.2. The molecule has 1 aromatic carbocycles. The molecule has 0 amide bonds. The fourth-order valence-electron chi connectivity index (χ4n) is 1.85. The van der Waals surface area contributed by atoms with Crippen molar-refractivity contribution in [1.29, 1.82) is 0 Å². The molecule has 1 unspecified atom stereocenters. The van der Waals surface area contributed by atoms with Gasteiger partial charge in [-0.05, 0) is 43.2 Å². The molecular weight excluding hydrogens is 256 g/mol. The summed E-state index contributed by atoms with van der Waals surface area (Å²) < 4.78 is 15.8. The number of methoxy groups -OCH3 is 1. The van der Waals surface area contributed by atoms with E-state index in [1.54, 1.807) is 12.1 Å². The molecule has 0 saturated carbocycles. The Hall–Kier alpha value is -2.23. The van der Waals surface area contributed by atoms with Gasteiger partial charge in [-0.2, -0.15) is 0 Å². The second-order valence-electron chi connectivity index (χ2n) is 4.45. The van der Waals surface area contributed by atoms with E-state index in [9.17, 15) is 4.79 Å². The number of carbonyl (C=O) groups excluding carboxylic acids is 1. The van der Waals surface area contributed by atoms with Crippen LogP contribution in [0.5, 0.6) is 5.75 Å². The van der Waals surface area contributed by atoms with Gasteiger partial charge < -0.3 is 13.9 Å². The van der Waals surface area contributed by atoms with Crippen LogP contribution in [0, 0.1) is 0 Å². The normalized spacial score (nSPS) is 11.9. The van der Waals surface area contributed by atoms with Crippen LogP contribution in [0.25, 0.3) is 0 Å². The van der Waals surface area contributed by atoms with Gasteiger partial charge in [0.2, 0.25) is 5.76 Å². The van der Waals surface area contributed by atoms with Crippen molar-refractivity contribution in [2.75, 3.05) is 7.11 Å². The highest BCUT2D eigenvalue weighted by Gasteiger charge is 2.16. The summed E-state index contributed by atoms with van der Waals surface area (Å²) in [5, 5.41) is 0. The van der Waals surface area contributed by atoms with Crippen molar-refractivity contribution in [2.24, 2.45) is 0 Å². The predicted molar refractivity (Wildman–Crippen MR) is 74.9 cm³/mol. The number of hydrogen-bond acceptors (Lipinski definition) is 4. The monoisotopic (exact) mass is 274 g/mol. The fourth-order valence-corrected chi connectivity index (χ4v) is 1.85. The molecule has 0 aliphatic carbocycles. The maximum atomic E-state index is 11.3. The first kappa shape index (κ1) is 14.2. The first-order valence-electron chi connectivity index (χ1n) is 6.57. The van der Waals surface area contributed by atoms with Crippen molar-refractivity contribution < 1.29 is 18.7 Å². The number of benzene rings is 1. The standard InChI is InChI=1S/C16H18O4/c1-4-12-5-7-13(8-6-12)19-11(2)14-9-10-15(20-14)16(17)18-3/h5-11H,4H2,1-3H3. The van der Waals surface area contributed by atoms with Gasteiger partial charge in [0.15, 0.2) is 6.10 Å². The second kappa shape index (κ2) is 6.28. The van der Waals surface area contributed by atoms with E-state index < -0.39 is 5.97 Å². The van der Waals surface area contributed by atoms with E-state index >= 15 is 0 Å². The highest BCUT2D eigenvalue weighted by molar-refractivity contribution is 5.86. The number of hydrogen-bond donors (Lipinski definition) is 0. The van der Waals surface area contributed by atoms with Gasteiger partial charge in [-0.1, -0.05) is 19.1 Å². The lowest BCUT2D eigenvalue weighted by molar-refractivity contribution is 0.0558. The SMILES string of the molecule is CCc1ccc(OC(C)c2ccc(C(=O)OC)o2)cc1. The molecule has 0 aliphatic rings. The Labute approximate surface area is 118 Å². The highest BCUT2D eigenvalue weighted by Crippen LogP contribution is 2.24. The summed E-state index contributed by atoms with van der Waals surface area (Å²) in [6, 6.07) is 11.2. The molecule has 0 aliphatic heterocycles. The average Bonchev–Trinajstić information content (AvgIpc) is 2.97. The molecule has 1 heterocycles. The first-order valence-corrected chi connectivity index (χ1v) is 6.57. The van der Waals surface area contributed by atoms with Gasteiger partial charge in [0.1, 0.15) is 11.5 Å². The van der Waals surface area contributed by atoms with E-state index in [0.717, 1.165) is 12.2 Å². The molecule has 2 rings (SSSR count). The molecule has 0 N–H and O–H groups in total. The summed E-state index contributed by atoms with van der Waals surface area (Å²) in [7, 11) is 1.32. The third kappa shape index (κ3) is 3.20. The number of aryl methyl sites for hydroxylation is 1. The van der Waals surface area contributed by atoms with Crippen LogP contribution in [0.4, 0.5) is 0 Å². The Balaban J connectivity index is 2.05. The van der Waals surface area contributed by atoms with Gasteiger partial charge in [-0.25, -0.2) is 4.79 Å². The second-order valence-corrected chi connectivity index (χ2v) is 4.45. The fraction of sp³-hybridized carbons (Fsp3) is 0.312. The molecule has 4 heteroatoms. The molecule has 2 aromatic rings. The largest absolute Gasteiger partial charge is 0.483 e. The van der Waals surface area contributed by atoms with Crippen LogP contribution in [-0.4, -0.2) is 13.1 Å². The van der Waals surface area contributed by atoms with Gasteiger partial charge in [0, 0.05) is 0 Å². The number of carbonyl (C=O) groups is 1. The first-order chi connectivity index (χ1) is 9.63. The van der Waals surface area contributed by atoms with Crippen LogP contribution in [0.1, 0.15) is 41.8 Å². The minimum atomic E-state index is -0.490. The zero-order valence-electron chi connectivity index (χ0n) is 11.9. The predicted octanol–water partition coefficient (Wildman–Crippen LogP) is 3.77. The van der Waals surface area contributed by atoms with Crippen molar-refractivity contribution in [3.05, 3.63) is 53.5 Å². The summed E-state index contributed by atoms with van der Waals surface area (Å²) in [4.78, 5) is 11.3. The topological polar surface area (TPSA) is 48.7 Å². The Morgan fingerprint density at radius 1 is 1.20 bits per heavy atom. The van der Waals surface area contributed by atoms with Crippen molar-refractivity contribution in [1.82, 2.24) is 0 Å². The number of esters is 1. The third-order valence-electron chi connectivity index (χ3n) is 3.06. The Morgan fingerprint density at radius 2 is 1.90 bits per heavy atom. The molecular formula is C16H18O4. The molecule has 0 saturated heterocycles. The molecule has 1 aromatic heterocycles. The molecule has 4 nitrogen and oxygen atoms in total. The third-order valence-corrected chi connectivity index (χ3v) is 3.06. The van der Waals surface area contributed by atoms with E-state index in [2.05, 4.69) is 11.7 Å². The van der Waals surface area contributed by atoms with Crippen molar-refractivity contribution in [3.8, 4) is 5.75 Å². The highest BCUT2D eigenvalue weighted by atomic mass is 16.5. The van der Waals surface area contributed by atoms with Crippen LogP contribution in [-0.2, 0) is 11.2 Å². The van der Waals surface area contributed by atoms with Gasteiger partial charge in [0.25, 0.3) is 0 Å². The van der Waals surface area contributed by atoms with Gasteiger partial charge in [-0.3, -0.25) is 0 Å². The van der Waals surface area contributed by atoms with Crippen molar-refractivity contribution >= 4 is 5.97 Å². The zero-order valence-corrected chi connectivity index (χ0v) is 11.9.